The van der Waals surface area contributed by atoms with Crippen molar-refractivity contribution in [3.63, 3.8) is 0 Å². The number of hydrogen-bond acceptors (Lipinski definition) is 4. The Bertz CT molecular complexity index is 415. The predicted octanol–water partition coefficient (Wildman–Crippen LogP) is -2.24. The lowest BCUT2D eigenvalue weighted by molar-refractivity contribution is -0.777. The molecule has 0 aromatic rings. The summed E-state index contributed by atoms with van der Waals surface area (Å²) >= 11 is 0. The smallest absolute Gasteiger partial charge is 0.371 e. The molecule has 2 aliphatic heterocycles. The summed E-state index contributed by atoms with van der Waals surface area (Å²) in [5.41, 5.74) is 0. The summed E-state index contributed by atoms with van der Waals surface area (Å²) in [7, 11) is -3.55. The predicted molar refractivity (Wildman–Crippen MR) is 62.7 cm³/mol. The average Bonchev–Trinajstić information content (AvgIpc) is 2.79. The summed E-state index contributed by atoms with van der Waals surface area (Å²) in [6, 6.07) is -0.908. The quantitative estimate of drug-likeness (QED) is 0.632. The van der Waals surface area contributed by atoms with Gasteiger partial charge in [0.2, 0.25) is 0 Å². The van der Waals surface area contributed by atoms with Gasteiger partial charge in [-0.3, -0.25) is 0 Å². The molecule has 0 bridgehead atoms. The second-order valence-corrected chi connectivity index (χ2v) is 7.31. The molecule has 2 heterocycles. The zero-order chi connectivity index (χ0) is 13.3. The molecule has 104 valence electrons. The minimum absolute atomic E-state index is 0.164. The molecule has 2 fully saturated rings. The lowest BCUT2D eigenvalue weighted by Crippen LogP contribution is -3.18. The van der Waals surface area contributed by atoms with Gasteiger partial charge >= 0.3 is 10.2 Å². The molecule has 7 heteroatoms. The lowest BCUT2D eigenvalue weighted by Gasteiger charge is -2.32. The molecular weight excluding hydrogens is 256 g/mol. The number of nitrogens with zero attached hydrogens (tertiary/aromatic N) is 1. The topological polar surface area (TPSA) is 82.0 Å². The Labute approximate surface area is 108 Å². The largest absolute Gasteiger partial charge is 0.544 e. The third-order valence-electron chi connectivity index (χ3n) is 4.00. The van der Waals surface area contributed by atoms with Gasteiger partial charge in [0.25, 0.3) is 0 Å². The zero-order valence-electron chi connectivity index (χ0n) is 10.6. The minimum Gasteiger partial charge on any atom is -0.544 e. The molecule has 0 aliphatic carbocycles. The summed E-state index contributed by atoms with van der Waals surface area (Å²) in [5.74, 6) is -0.710. The maximum atomic E-state index is 12.4. The van der Waals surface area contributed by atoms with Crippen molar-refractivity contribution in [1.29, 1.82) is 0 Å². The summed E-state index contributed by atoms with van der Waals surface area (Å²) in [4.78, 5) is 11.0. The van der Waals surface area contributed by atoms with E-state index in [4.69, 9.17) is 0 Å². The summed E-state index contributed by atoms with van der Waals surface area (Å²) in [6.07, 6.45) is 2.71. The normalized spacial score (nSPS) is 31.6. The molecule has 0 saturated carbocycles. The van der Waals surface area contributed by atoms with Gasteiger partial charge < -0.3 is 9.90 Å². The third kappa shape index (κ3) is 2.53. The number of piperidine rings is 1. The highest BCUT2D eigenvalue weighted by atomic mass is 32.2. The fourth-order valence-corrected chi connectivity index (χ4v) is 4.76. The van der Waals surface area contributed by atoms with Crippen molar-refractivity contribution < 1.29 is 22.6 Å². The molecule has 2 atom stereocenters. The average molecular weight is 276 g/mol. The van der Waals surface area contributed by atoms with Crippen LogP contribution in [0, 0.1) is 5.92 Å². The lowest BCUT2D eigenvalue weighted by atomic mass is 10.0. The highest BCUT2D eigenvalue weighted by Gasteiger charge is 2.43. The van der Waals surface area contributed by atoms with E-state index in [-0.39, 0.29) is 4.31 Å². The molecule has 1 N–H and O–H groups in total. The Morgan fingerprint density at radius 3 is 2.44 bits per heavy atom. The van der Waals surface area contributed by atoms with Crippen LogP contribution in [0.3, 0.4) is 0 Å². The van der Waals surface area contributed by atoms with Gasteiger partial charge in [0.1, 0.15) is 12.0 Å². The van der Waals surface area contributed by atoms with E-state index in [1.807, 2.05) is 0 Å². The molecule has 0 radical (unpaired) electrons. The number of carbonyl (C=O) groups excluding carboxylic acids is 1. The summed E-state index contributed by atoms with van der Waals surface area (Å²) < 4.78 is 26.4. The van der Waals surface area contributed by atoms with Crippen LogP contribution in [-0.4, -0.2) is 44.4 Å². The molecule has 1 unspecified atom stereocenters. The SMILES string of the molecule is CC1CCN(S(=O)(=O)[NH+]2CCC[C@@H]2C(=O)[O-])CC1. The van der Waals surface area contributed by atoms with Crippen LogP contribution in [0.1, 0.15) is 32.6 Å². The van der Waals surface area contributed by atoms with Crippen LogP contribution in [0.25, 0.3) is 0 Å². The Kier molecular flexibility index (Phi) is 3.93. The van der Waals surface area contributed by atoms with Crippen LogP contribution in [0.4, 0.5) is 0 Å². The van der Waals surface area contributed by atoms with Crippen LogP contribution in [0.15, 0.2) is 0 Å². The number of hydrogen-bond donors (Lipinski definition) is 1. The van der Waals surface area contributed by atoms with E-state index in [1.54, 1.807) is 0 Å². The van der Waals surface area contributed by atoms with E-state index in [0.717, 1.165) is 12.8 Å². The second-order valence-electron chi connectivity index (χ2n) is 5.32. The van der Waals surface area contributed by atoms with Gasteiger partial charge in [-0.1, -0.05) is 6.92 Å². The second kappa shape index (κ2) is 5.14. The standard InChI is InChI=1S/C11H20N2O4S/c1-9-4-7-12(8-5-9)18(16,17)13-6-2-3-10(13)11(14)15/h9-10H,2-8H2,1H3,(H,14,15)/t10-/m1/s1. The van der Waals surface area contributed by atoms with Gasteiger partial charge in [-0.25, -0.2) is 4.31 Å². The van der Waals surface area contributed by atoms with E-state index >= 15 is 0 Å². The van der Waals surface area contributed by atoms with Gasteiger partial charge in [-0.15, -0.1) is 0 Å². The Morgan fingerprint density at radius 1 is 1.28 bits per heavy atom. The van der Waals surface area contributed by atoms with Crippen LogP contribution in [0.2, 0.25) is 0 Å². The fourth-order valence-electron chi connectivity index (χ4n) is 2.76. The molecule has 0 spiro atoms. The van der Waals surface area contributed by atoms with Gasteiger partial charge in [-0.05, 0) is 18.8 Å². The molecule has 2 rings (SSSR count). The monoisotopic (exact) mass is 276 g/mol. The molecular formula is C11H20N2O4S. The van der Waals surface area contributed by atoms with E-state index in [1.165, 1.54) is 4.31 Å². The number of rotatable bonds is 3. The molecule has 0 aromatic carbocycles. The molecule has 18 heavy (non-hydrogen) atoms. The highest BCUT2D eigenvalue weighted by Crippen LogP contribution is 2.17. The highest BCUT2D eigenvalue weighted by molar-refractivity contribution is 7.82. The first kappa shape index (κ1) is 13.8. The van der Waals surface area contributed by atoms with Crippen molar-refractivity contribution >= 4 is 16.2 Å². The Balaban J connectivity index is 2.13. The number of aliphatic carboxylic acids is 1. The number of quaternary nitrogens is 1. The van der Waals surface area contributed by atoms with Gasteiger partial charge in [-0.2, -0.15) is 12.7 Å². The summed E-state index contributed by atoms with van der Waals surface area (Å²) in [5, 5.41) is 11.0. The fraction of sp³-hybridized carbons (Fsp3) is 0.909. The third-order valence-corrected chi connectivity index (χ3v) is 6.20. The Hall–Kier alpha value is -0.660. The van der Waals surface area contributed by atoms with Crippen LogP contribution in [0.5, 0.6) is 0 Å². The van der Waals surface area contributed by atoms with Gasteiger partial charge in [0, 0.05) is 25.9 Å². The van der Waals surface area contributed by atoms with Crippen LogP contribution < -0.4 is 9.41 Å². The number of nitrogens with one attached hydrogen (secondary N) is 1. The van der Waals surface area contributed by atoms with Crippen molar-refractivity contribution in [2.45, 2.75) is 38.6 Å². The molecule has 2 saturated heterocycles. The molecule has 0 aromatic heterocycles. The van der Waals surface area contributed by atoms with E-state index in [2.05, 4.69) is 6.92 Å². The molecule has 0 amide bonds. The van der Waals surface area contributed by atoms with E-state index in [9.17, 15) is 18.3 Å². The van der Waals surface area contributed by atoms with Gasteiger partial charge in [0.05, 0.1) is 6.54 Å². The first-order valence-corrected chi connectivity index (χ1v) is 7.93. The Morgan fingerprint density at radius 2 is 1.89 bits per heavy atom. The molecule has 6 nitrogen and oxygen atoms in total. The maximum absolute atomic E-state index is 12.4. The van der Waals surface area contributed by atoms with Crippen molar-refractivity contribution in [3.8, 4) is 0 Å². The maximum Gasteiger partial charge on any atom is 0.371 e. The van der Waals surface area contributed by atoms with Crippen molar-refractivity contribution in [1.82, 2.24) is 4.31 Å². The van der Waals surface area contributed by atoms with Crippen molar-refractivity contribution in [3.05, 3.63) is 0 Å². The van der Waals surface area contributed by atoms with Gasteiger partial charge in [0.15, 0.2) is 0 Å². The number of carboxylic acids is 1. The first-order valence-electron chi connectivity index (χ1n) is 6.49. The molecule has 2 aliphatic rings. The number of carbonyl (C=O) groups is 1. The van der Waals surface area contributed by atoms with E-state index in [0.29, 0.717) is 38.4 Å². The van der Waals surface area contributed by atoms with E-state index < -0.39 is 22.2 Å². The van der Waals surface area contributed by atoms with Crippen LogP contribution in [-0.2, 0) is 15.0 Å². The van der Waals surface area contributed by atoms with Crippen molar-refractivity contribution in [2.24, 2.45) is 5.92 Å². The van der Waals surface area contributed by atoms with Crippen LogP contribution >= 0.6 is 0 Å². The zero-order valence-corrected chi connectivity index (χ0v) is 11.4. The first-order chi connectivity index (χ1) is 8.43. The summed E-state index contributed by atoms with van der Waals surface area (Å²) in [6.45, 7) is 3.49. The number of carboxylic acid groups (broad SMARTS) is 1. The van der Waals surface area contributed by atoms with Crippen molar-refractivity contribution in [2.75, 3.05) is 19.6 Å². The minimum atomic E-state index is -3.55.